The minimum atomic E-state index is -0.432. The number of carbonyl (C=O) groups is 1. The Kier molecular flexibility index (Phi) is 5.42. The van der Waals surface area contributed by atoms with Crippen molar-refractivity contribution in [2.75, 3.05) is 26.1 Å². The van der Waals surface area contributed by atoms with E-state index < -0.39 is 5.97 Å². The van der Waals surface area contributed by atoms with Gasteiger partial charge in [-0.1, -0.05) is 0 Å². The molecule has 0 amide bonds. The number of methoxy groups -OCH3 is 2. The number of esters is 1. The normalized spacial score (nSPS) is 11.9. The number of carbonyl (C=O) groups excluding carboxylic acids is 1. The molecule has 17 heavy (non-hydrogen) atoms. The van der Waals surface area contributed by atoms with E-state index in [0.717, 1.165) is 12.1 Å². The average molecular weight is 238 g/mol. The molecule has 1 aromatic heterocycles. The molecule has 5 heteroatoms. The van der Waals surface area contributed by atoms with E-state index in [4.69, 9.17) is 4.74 Å². The predicted octanol–water partition coefficient (Wildman–Crippen LogP) is 1.71. The van der Waals surface area contributed by atoms with E-state index in [0.29, 0.717) is 12.3 Å². The molecule has 0 aliphatic heterocycles. The van der Waals surface area contributed by atoms with Crippen LogP contribution in [0.4, 0.5) is 5.69 Å². The van der Waals surface area contributed by atoms with Crippen LogP contribution in [-0.4, -0.2) is 37.8 Å². The van der Waals surface area contributed by atoms with Crippen LogP contribution in [0.25, 0.3) is 0 Å². The van der Waals surface area contributed by atoms with E-state index in [1.165, 1.54) is 7.11 Å². The molecule has 1 aromatic rings. The lowest BCUT2D eigenvalue weighted by molar-refractivity contribution is 0.0594. The Bertz CT molecular complexity index is 369. The summed E-state index contributed by atoms with van der Waals surface area (Å²) in [5.41, 5.74) is 1.15. The zero-order valence-electron chi connectivity index (χ0n) is 10.4. The minimum absolute atomic E-state index is 0.267. The van der Waals surface area contributed by atoms with Crippen molar-refractivity contribution in [1.82, 2.24) is 4.98 Å². The highest BCUT2D eigenvalue weighted by Crippen LogP contribution is 2.11. The maximum Gasteiger partial charge on any atom is 0.356 e. The van der Waals surface area contributed by atoms with Crippen LogP contribution in [0.5, 0.6) is 0 Å². The van der Waals surface area contributed by atoms with Crippen LogP contribution in [0.15, 0.2) is 18.3 Å². The third-order valence-electron chi connectivity index (χ3n) is 2.32. The van der Waals surface area contributed by atoms with Crippen LogP contribution in [0, 0.1) is 0 Å². The molecule has 1 N–H and O–H groups in total. The highest BCUT2D eigenvalue weighted by atomic mass is 16.5. The molecule has 0 bridgehead atoms. The molecule has 1 unspecified atom stereocenters. The molecule has 1 rings (SSSR count). The third-order valence-corrected chi connectivity index (χ3v) is 2.32. The number of aromatic nitrogens is 1. The molecule has 0 saturated carbocycles. The van der Waals surface area contributed by atoms with Gasteiger partial charge in [-0.2, -0.15) is 0 Å². The monoisotopic (exact) mass is 238 g/mol. The Morgan fingerprint density at radius 3 is 2.94 bits per heavy atom. The summed E-state index contributed by atoms with van der Waals surface area (Å²) in [6.07, 6.45) is 2.48. The van der Waals surface area contributed by atoms with E-state index in [2.05, 4.69) is 22.0 Å². The highest BCUT2D eigenvalue weighted by Gasteiger charge is 2.08. The molecule has 5 nitrogen and oxygen atoms in total. The van der Waals surface area contributed by atoms with Crippen molar-refractivity contribution in [2.24, 2.45) is 0 Å². The van der Waals surface area contributed by atoms with Crippen molar-refractivity contribution in [1.29, 1.82) is 0 Å². The highest BCUT2D eigenvalue weighted by molar-refractivity contribution is 5.88. The first kappa shape index (κ1) is 13.4. The zero-order valence-corrected chi connectivity index (χ0v) is 10.4. The largest absolute Gasteiger partial charge is 0.464 e. The third kappa shape index (κ3) is 4.40. The first-order chi connectivity index (χ1) is 8.17. The summed E-state index contributed by atoms with van der Waals surface area (Å²) in [6.45, 7) is 2.75. The second kappa shape index (κ2) is 6.85. The van der Waals surface area contributed by atoms with Gasteiger partial charge in [-0.15, -0.1) is 0 Å². The molecular weight excluding hydrogens is 220 g/mol. The van der Waals surface area contributed by atoms with Crippen molar-refractivity contribution in [3.8, 4) is 0 Å². The van der Waals surface area contributed by atoms with Gasteiger partial charge in [0.25, 0.3) is 0 Å². The summed E-state index contributed by atoms with van der Waals surface area (Å²) >= 11 is 0. The van der Waals surface area contributed by atoms with E-state index in [1.54, 1.807) is 19.4 Å². The summed E-state index contributed by atoms with van der Waals surface area (Å²) in [4.78, 5) is 15.2. The smallest absolute Gasteiger partial charge is 0.356 e. The number of anilines is 1. The van der Waals surface area contributed by atoms with Crippen LogP contribution in [0.2, 0.25) is 0 Å². The molecule has 0 fully saturated rings. The van der Waals surface area contributed by atoms with Gasteiger partial charge in [0.15, 0.2) is 0 Å². The topological polar surface area (TPSA) is 60.5 Å². The number of hydrogen-bond acceptors (Lipinski definition) is 5. The Labute approximate surface area is 101 Å². The first-order valence-corrected chi connectivity index (χ1v) is 5.47. The summed E-state index contributed by atoms with van der Waals surface area (Å²) < 4.78 is 9.61. The molecule has 1 atom stereocenters. The Morgan fingerprint density at radius 1 is 1.53 bits per heavy atom. The fourth-order valence-electron chi connectivity index (χ4n) is 1.39. The maximum absolute atomic E-state index is 11.3. The van der Waals surface area contributed by atoms with Gasteiger partial charge in [0.05, 0.1) is 7.11 Å². The summed E-state index contributed by atoms with van der Waals surface area (Å²) in [5.74, 6) is -0.432. The minimum Gasteiger partial charge on any atom is -0.464 e. The van der Waals surface area contributed by atoms with Crippen LogP contribution >= 0.6 is 0 Å². The number of ether oxygens (including phenoxy) is 2. The van der Waals surface area contributed by atoms with Crippen LogP contribution in [0.1, 0.15) is 23.8 Å². The number of rotatable bonds is 6. The molecule has 0 radical (unpaired) electrons. The van der Waals surface area contributed by atoms with Crippen molar-refractivity contribution >= 4 is 11.7 Å². The molecular formula is C12H18N2O3. The quantitative estimate of drug-likeness (QED) is 0.764. The Balaban J connectivity index is 2.62. The summed E-state index contributed by atoms with van der Waals surface area (Å²) in [6, 6.07) is 3.76. The molecule has 0 aliphatic carbocycles. The van der Waals surface area contributed by atoms with E-state index in [1.807, 2.05) is 6.07 Å². The molecule has 0 aliphatic rings. The number of nitrogens with zero attached hydrogens (tertiary/aromatic N) is 1. The van der Waals surface area contributed by atoms with E-state index in [-0.39, 0.29) is 6.04 Å². The van der Waals surface area contributed by atoms with Crippen LogP contribution in [0.3, 0.4) is 0 Å². The first-order valence-electron chi connectivity index (χ1n) is 5.47. The lowest BCUT2D eigenvalue weighted by Gasteiger charge is -2.14. The van der Waals surface area contributed by atoms with Crippen molar-refractivity contribution in [3.63, 3.8) is 0 Å². The number of nitrogens with one attached hydrogen (secondary N) is 1. The molecule has 0 saturated heterocycles. The fourth-order valence-corrected chi connectivity index (χ4v) is 1.39. The predicted molar refractivity (Wildman–Crippen MR) is 65.2 cm³/mol. The molecule has 94 valence electrons. The number of hydrogen-bond donors (Lipinski definition) is 1. The van der Waals surface area contributed by atoms with Gasteiger partial charge in [-0.05, 0) is 25.5 Å². The SMILES string of the molecule is COCCC(C)Nc1ccnc(C(=O)OC)c1. The van der Waals surface area contributed by atoms with Gasteiger partial charge in [0.1, 0.15) is 5.69 Å². The standard InChI is InChI=1S/C12H18N2O3/c1-9(5-7-16-2)14-10-4-6-13-11(8-10)12(15)17-3/h4,6,8-9H,5,7H2,1-3H3,(H,13,14). The van der Waals surface area contributed by atoms with Gasteiger partial charge in [0.2, 0.25) is 0 Å². The summed E-state index contributed by atoms with van der Waals surface area (Å²) in [7, 11) is 3.01. The van der Waals surface area contributed by atoms with Gasteiger partial charge in [-0.25, -0.2) is 9.78 Å². The second-order valence-electron chi connectivity index (χ2n) is 3.75. The van der Waals surface area contributed by atoms with Crippen molar-refractivity contribution in [2.45, 2.75) is 19.4 Å². The van der Waals surface area contributed by atoms with E-state index in [9.17, 15) is 4.79 Å². The van der Waals surface area contributed by atoms with Crippen LogP contribution in [-0.2, 0) is 9.47 Å². The number of pyridine rings is 1. The van der Waals surface area contributed by atoms with Crippen molar-refractivity contribution < 1.29 is 14.3 Å². The molecule has 0 aromatic carbocycles. The zero-order chi connectivity index (χ0) is 12.7. The van der Waals surface area contributed by atoms with E-state index >= 15 is 0 Å². The maximum atomic E-state index is 11.3. The molecule has 1 heterocycles. The lowest BCUT2D eigenvalue weighted by atomic mass is 10.2. The van der Waals surface area contributed by atoms with Gasteiger partial charge >= 0.3 is 5.97 Å². The van der Waals surface area contributed by atoms with Gasteiger partial charge in [-0.3, -0.25) is 0 Å². The Morgan fingerprint density at radius 2 is 2.29 bits per heavy atom. The summed E-state index contributed by atoms with van der Waals surface area (Å²) in [5, 5.41) is 3.27. The van der Waals surface area contributed by atoms with Crippen LogP contribution < -0.4 is 5.32 Å². The Hall–Kier alpha value is -1.62. The van der Waals surface area contributed by atoms with Gasteiger partial charge in [0, 0.05) is 31.6 Å². The average Bonchev–Trinajstić information content (AvgIpc) is 2.35. The van der Waals surface area contributed by atoms with Gasteiger partial charge < -0.3 is 14.8 Å². The second-order valence-corrected chi connectivity index (χ2v) is 3.75. The van der Waals surface area contributed by atoms with Crippen molar-refractivity contribution in [3.05, 3.63) is 24.0 Å². The molecule has 0 spiro atoms. The fraction of sp³-hybridized carbons (Fsp3) is 0.500. The lowest BCUT2D eigenvalue weighted by Crippen LogP contribution is -2.17.